The zero-order valence-corrected chi connectivity index (χ0v) is 15.6. The fraction of sp³-hybridized carbons (Fsp3) is 0.389. The van der Waals surface area contributed by atoms with Crippen molar-refractivity contribution >= 4 is 40.4 Å². The Bertz CT molecular complexity index is 967. The molecule has 8 heteroatoms. The van der Waals surface area contributed by atoms with E-state index in [2.05, 4.69) is 10.3 Å². The van der Waals surface area contributed by atoms with Gasteiger partial charge in [0.05, 0.1) is 11.9 Å². The summed E-state index contributed by atoms with van der Waals surface area (Å²) in [7, 11) is 0. The number of nitrogens with one attached hydrogen (secondary N) is 1. The predicted octanol–water partition coefficient (Wildman–Crippen LogP) is 2.20. The molecule has 0 saturated carbocycles. The van der Waals surface area contributed by atoms with Crippen LogP contribution in [0.4, 0.5) is 0 Å². The zero-order chi connectivity index (χ0) is 18.0. The smallest absolute Gasteiger partial charge is 0.297 e. The highest BCUT2D eigenvalue weighted by Crippen LogP contribution is 2.24. The van der Waals surface area contributed by atoms with Gasteiger partial charge in [0, 0.05) is 11.9 Å². The van der Waals surface area contributed by atoms with E-state index in [0.29, 0.717) is 17.6 Å². The van der Waals surface area contributed by atoms with Crippen molar-refractivity contribution in [1.29, 1.82) is 0 Å². The van der Waals surface area contributed by atoms with Crippen molar-refractivity contribution < 1.29 is 9.21 Å². The van der Waals surface area contributed by atoms with E-state index in [-0.39, 0.29) is 36.0 Å². The monoisotopic (exact) mass is 378 g/mol. The van der Waals surface area contributed by atoms with Crippen molar-refractivity contribution in [2.45, 2.75) is 38.8 Å². The Labute approximate surface area is 157 Å². The Hall–Kier alpha value is -2.38. The Morgan fingerprint density at radius 3 is 2.65 bits per heavy atom. The van der Waals surface area contributed by atoms with Gasteiger partial charge in [0.1, 0.15) is 17.6 Å². The van der Waals surface area contributed by atoms with E-state index in [9.17, 15) is 9.59 Å². The maximum atomic E-state index is 12.6. The van der Waals surface area contributed by atoms with Gasteiger partial charge in [-0.05, 0) is 25.0 Å². The molecule has 0 aliphatic carbocycles. The van der Waals surface area contributed by atoms with Crippen LogP contribution in [0.1, 0.15) is 26.7 Å². The third kappa shape index (κ3) is 3.45. The van der Waals surface area contributed by atoms with Crippen molar-refractivity contribution in [1.82, 2.24) is 14.9 Å². The highest BCUT2D eigenvalue weighted by atomic mass is 35.5. The molecule has 0 radical (unpaired) electrons. The van der Waals surface area contributed by atoms with Crippen LogP contribution in [0.3, 0.4) is 0 Å². The molecule has 7 nitrogen and oxygen atoms in total. The Morgan fingerprint density at radius 1 is 1.31 bits per heavy atom. The van der Waals surface area contributed by atoms with Gasteiger partial charge in [-0.3, -0.25) is 14.2 Å². The quantitative estimate of drug-likeness (QED) is 0.684. The lowest BCUT2D eigenvalue weighted by molar-refractivity contribution is -0.123. The van der Waals surface area contributed by atoms with Crippen LogP contribution < -0.4 is 16.6 Å². The number of carbonyl (C=O) groups is 1. The SMILES string of the molecule is CCC(CC)(CN)NC(=O)Cn1cnc2c(oc3ccccc32)c1=O.Cl. The molecule has 0 atom stereocenters. The number of amides is 1. The standard InChI is InChI=1S/C18H22N4O3.ClH/c1-3-18(4-2,10-19)21-14(23)9-22-11-20-15-12-7-5-6-8-13(12)25-16(15)17(22)24;/h5-8,11H,3-4,9-10,19H2,1-2H3,(H,21,23);1H. The first-order valence-electron chi connectivity index (χ1n) is 8.41. The number of furan rings is 1. The van der Waals surface area contributed by atoms with E-state index in [1.165, 1.54) is 10.9 Å². The van der Waals surface area contributed by atoms with Gasteiger partial charge in [-0.2, -0.15) is 0 Å². The normalized spacial score (nSPS) is 11.5. The summed E-state index contributed by atoms with van der Waals surface area (Å²) in [5.74, 6) is -0.270. The van der Waals surface area contributed by atoms with Gasteiger partial charge < -0.3 is 15.5 Å². The number of rotatable bonds is 6. The first kappa shape index (κ1) is 19.9. The minimum Gasteiger partial charge on any atom is -0.448 e. The maximum absolute atomic E-state index is 12.6. The Morgan fingerprint density at radius 2 is 2.00 bits per heavy atom. The molecule has 3 rings (SSSR count). The van der Waals surface area contributed by atoms with Gasteiger partial charge in [0.15, 0.2) is 0 Å². The van der Waals surface area contributed by atoms with E-state index >= 15 is 0 Å². The molecule has 3 aromatic rings. The number of aromatic nitrogens is 2. The maximum Gasteiger partial charge on any atom is 0.297 e. The van der Waals surface area contributed by atoms with Gasteiger partial charge in [-0.25, -0.2) is 4.98 Å². The van der Waals surface area contributed by atoms with E-state index in [1.807, 2.05) is 32.0 Å². The van der Waals surface area contributed by atoms with Crippen molar-refractivity contribution in [3.8, 4) is 0 Å². The van der Waals surface area contributed by atoms with Crippen LogP contribution in [0, 0.1) is 0 Å². The molecule has 2 heterocycles. The molecule has 1 aromatic carbocycles. The van der Waals surface area contributed by atoms with Gasteiger partial charge in [0.25, 0.3) is 5.56 Å². The number of fused-ring (bicyclic) bond motifs is 3. The van der Waals surface area contributed by atoms with Crippen molar-refractivity contribution in [3.63, 3.8) is 0 Å². The average Bonchev–Trinajstić information content (AvgIpc) is 3.02. The Balaban J connectivity index is 0.00000243. The molecule has 3 N–H and O–H groups in total. The van der Waals surface area contributed by atoms with Gasteiger partial charge >= 0.3 is 0 Å². The molecule has 1 amide bonds. The summed E-state index contributed by atoms with van der Waals surface area (Å²) >= 11 is 0. The summed E-state index contributed by atoms with van der Waals surface area (Å²) < 4.78 is 6.88. The van der Waals surface area contributed by atoms with Crippen LogP contribution in [0.5, 0.6) is 0 Å². The first-order chi connectivity index (χ1) is 12.0. The number of hydrogen-bond donors (Lipinski definition) is 2. The summed E-state index contributed by atoms with van der Waals surface area (Å²) in [6.07, 6.45) is 2.83. The third-order valence-corrected chi connectivity index (χ3v) is 4.81. The molecule has 0 fully saturated rings. The van der Waals surface area contributed by atoms with Gasteiger partial charge in [0.2, 0.25) is 11.5 Å². The lowest BCUT2D eigenvalue weighted by Gasteiger charge is -2.31. The second-order valence-corrected chi connectivity index (χ2v) is 6.19. The van der Waals surface area contributed by atoms with E-state index in [1.54, 1.807) is 6.07 Å². The molecule has 26 heavy (non-hydrogen) atoms. The van der Waals surface area contributed by atoms with E-state index < -0.39 is 5.54 Å². The lowest BCUT2D eigenvalue weighted by atomic mass is 9.93. The molecular weight excluding hydrogens is 356 g/mol. The molecule has 0 bridgehead atoms. The number of para-hydroxylation sites is 1. The minimum atomic E-state index is -0.447. The fourth-order valence-corrected chi connectivity index (χ4v) is 2.98. The van der Waals surface area contributed by atoms with Crippen molar-refractivity contribution in [3.05, 3.63) is 40.9 Å². The molecule has 2 aromatic heterocycles. The molecule has 0 saturated heterocycles. The summed E-state index contributed by atoms with van der Waals surface area (Å²) in [4.78, 5) is 29.3. The number of nitrogens with zero attached hydrogens (tertiary/aromatic N) is 2. The first-order valence-corrected chi connectivity index (χ1v) is 8.41. The number of carbonyl (C=O) groups excluding carboxylic acids is 1. The van der Waals surface area contributed by atoms with Crippen LogP contribution in [0.25, 0.3) is 22.1 Å². The summed E-state index contributed by atoms with van der Waals surface area (Å²) in [5, 5.41) is 3.73. The number of benzene rings is 1. The molecular formula is C18H23ClN4O3. The highest BCUT2D eigenvalue weighted by Gasteiger charge is 2.26. The number of halogens is 1. The molecule has 0 spiro atoms. The van der Waals surface area contributed by atoms with Gasteiger partial charge in [-0.15, -0.1) is 12.4 Å². The lowest BCUT2D eigenvalue weighted by Crippen LogP contribution is -2.54. The molecule has 0 aliphatic heterocycles. The summed E-state index contributed by atoms with van der Waals surface area (Å²) in [5.41, 5.74) is 6.26. The topological polar surface area (TPSA) is 103 Å². The third-order valence-electron chi connectivity index (χ3n) is 4.81. The van der Waals surface area contributed by atoms with E-state index in [0.717, 1.165) is 18.2 Å². The largest absolute Gasteiger partial charge is 0.448 e. The second-order valence-electron chi connectivity index (χ2n) is 6.19. The summed E-state index contributed by atoms with van der Waals surface area (Å²) in [6.45, 7) is 4.18. The van der Waals surface area contributed by atoms with Crippen molar-refractivity contribution in [2.75, 3.05) is 6.54 Å². The summed E-state index contributed by atoms with van der Waals surface area (Å²) in [6, 6.07) is 7.33. The molecule has 0 unspecified atom stereocenters. The fourth-order valence-electron chi connectivity index (χ4n) is 2.98. The highest BCUT2D eigenvalue weighted by molar-refractivity contribution is 6.01. The number of hydrogen-bond acceptors (Lipinski definition) is 5. The van der Waals surface area contributed by atoms with Crippen molar-refractivity contribution in [2.24, 2.45) is 5.73 Å². The van der Waals surface area contributed by atoms with Gasteiger partial charge in [-0.1, -0.05) is 26.0 Å². The van der Waals surface area contributed by atoms with Crippen LogP contribution >= 0.6 is 12.4 Å². The molecule has 140 valence electrons. The van der Waals surface area contributed by atoms with Crippen LogP contribution in [-0.4, -0.2) is 27.5 Å². The second kappa shape index (κ2) is 7.88. The van der Waals surface area contributed by atoms with E-state index in [4.69, 9.17) is 10.2 Å². The van der Waals surface area contributed by atoms with Crippen LogP contribution in [-0.2, 0) is 11.3 Å². The Kier molecular flexibility index (Phi) is 6.05. The average molecular weight is 379 g/mol. The minimum absolute atomic E-state index is 0. The predicted molar refractivity (Wildman–Crippen MR) is 104 cm³/mol. The number of nitrogens with two attached hydrogens (primary N) is 1. The van der Waals surface area contributed by atoms with Crippen LogP contribution in [0.15, 0.2) is 39.8 Å². The molecule has 0 aliphatic rings. The zero-order valence-electron chi connectivity index (χ0n) is 14.8. The van der Waals surface area contributed by atoms with Crippen LogP contribution in [0.2, 0.25) is 0 Å².